The number of aryl methyl sites for hydroxylation is 1. The van der Waals surface area contributed by atoms with E-state index in [9.17, 15) is 13.2 Å². The van der Waals surface area contributed by atoms with Crippen LogP contribution in [0.5, 0.6) is 0 Å². The van der Waals surface area contributed by atoms with Gasteiger partial charge in [-0.3, -0.25) is 15.6 Å². The van der Waals surface area contributed by atoms with Crippen molar-refractivity contribution < 1.29 is 17.9 Å². The molecule has 1 unspecified atom stereocenters. The molecule has 0 spiro atoms. The Morgan fingerprint density at radius 1 is 1.29 bits per heavy atom. The Balaban J connectivity index is 1.26. The van der Waals surface area contributed by atoms with Crippen molar-refractivity contribution in [3.05, 3.63) is 44.9 Å². The molecule has 2 aliphatic heterocycles. The summed E-state index contributed by atoms with van der Waals surface area (Å²) >= 11 is 12.7. The molecule has 2 aliphatic rings. The second kappa shape index (κ2) is 11.5. The van der Waals surface area contributed by atoms with Crippen LogP contribution in [0.1, 0.15) is 52.7 Å². The van der Waals surface area contributed by atoms with Crippen LogP contribution in [0.3, 0.4) is 0 Å². The molecule has 13 heteroatoms. The van der Waals surface area contributed by atoms with Gasteiger partial charge in [-0.05, 0) is 62.5 Å². The van der Waals surface area contributed by atoms with Crippen LogP contribution in [0.4, 0.5) is 0 Å². The monoisotopic (exact) mass is 557 g/mol. The zero-order chi connectivity index (χ0) is 25.0. The molecule has 2 fully saturated rings. The summed E-state index contributed by atoms with van der Waals surface area (Å²) in [5.74, 6) is -0.290. The van der Waals surface area contributed by atoms with Crippen molar-refractivity contribution in [1.82, 2.24) is 25.5 Å². The lowest BCUT2D eigenvalue weighted by Crippen LogP contribution is -2.48. The zero-order valence-electron chi connectivity index (χ0n) is 19.3. The highest BCUT2D eigenvalue weighted by Gasteiger charge is 2.31. The Labute approximate surface area is 219 Å². The highest BCUT2D eigenvalue weighted by Crippen LogP contribution is 2.33. The van der Waals surface area contributed by atoms with Crippen LogP contribution in [0.15, 0.2) is 28.5 Å². The number of nitrogens with one attached hydrogen (secondary N) is 3. The Kier molecular flexibility index (Phi) is 8.61. The van der Waals surface area contributed by atoms with Crippen molar-refractivity contribution >= 4 is 56.2 Å². The second-order valence-corrected chi connectivity index (χ2v) is 12.2. The molecule has 35 heavy (non-hydrogen) atoms. The fourth-order valence-corrected chi connectivity index (χ4v) is 6.89. The minimum atomic E-state index is -3.61. The number of carbonyl (C=O) groups is 1. The summed E-state index contributed by atoms with van der Waals surface area (Å²) in [5.41, 5.74) is 6.37. The third-order valence-corrected chi connectivity index (χ3v) is 9.70. The molecule has 190 valence electrons. The number of hydrazine groups is 1. The number of aromatic nitrogens is 1. The quantitative estimate of drug-likeness (QED) is 0.367. The number of thiazole rings is 1. The number of hydrogen-bond donors (Lipinski definition) is 3. The number of sulfonamides is 1. The first-order chi connectivity index (χ1) is 16.7. The number of rotatable bonds is 6. The van der Waals surface area contributed by atoms with Gasteiger partial charge in [0.1, 0.15) is 5.69 Å². The maximum absolute atomic E-state index is 13.0. The van der Waals surface area contributed by atoms with Crippen molar-refractivity contribution in [3.63, 3.8) is 0 Å². The first-order valence-corrected chi connectivity index (χ1v) is 14.5. The van der Waals surface area contributed by atoms with Gasteiger partial charge in [0.15, 0.2) is 5.11 Å². The van der Waals surface area contributed by atoms with Gasteiger partial charge in [0.2, 0.25) is 10.0 Å². The first kappa shape index (κ1) is 26.2. The molecule has 0 bridgehead atoms. The van der Waals surface area contributed by atoms with Gasteiger partial charge in [-0.1, -0.05) is 17.7 Å². The molecule has 2 saturated heterocycles. The number of nitrogens with zero attached hydrogens (tertiary/aromatic N) is 2. The molecule has 3 heterocycles. The molecule has 0 saturated carbocycles. The Hall–Kier alpha value is -1.83. The van der Waals surface area contributed by atoms with Gasteiger partial charge >= 0.3 is 0 Å². The largest absolute Gasteiger partial charge is 0.376 e. The maximum Gasteiger partial charge on any atom is 0.289 e. The van der Waals surface area contributed by atoms with Crippen LogP contribution in [0.2, 0.25) is 5.02 Å². The van der Waals surface area contributed by atoms with Gasteiger partial charge < -0.3 is 10.1 Å². The molecule has 9 nitrogen and oxygen atoms in total. The lowest BCUT2D eigenvalue weighted by atomic mass is 9.99. The van der Waals surface area contributed by atoms with Crippen LogP contribution >= 0.6 is 35.2 Å². The summed E-state index contributed by atoms with van der Waals surface area (Å²) in [7, 11) is -3.61. The number of amides is 1. The molecule has 1 aromatic heterocycles. The van der Waals surface area contributed by atoms with Gasteiger partial charge in [-0.2, -0.15) is 4.31 Å². The van der Waals surface area contributed by atoms with Crippen LogP contribution < -0.4 is 16.2 Å². The van der Waals surface area contributed by atoms with E-state index < -0.39 is 10.0 Å². The summed E-state index contributed by atoms with van der Waals surface area (Å²) in [6.07, 6.45) is 3.44. The number of benzene rings is 1. The first-order valence-electron chi connectivity index (χ1n) is 11.4. The van der Waals surface area contributed by atoms with Gasteiger partial charge in [-0.15, -0.1) is 11.3 Å². The lowest BCUT2D eigenvalue weighted by Gasteiger charge is -2.30. The van der Waals surface area contributed by atoms with E-state index in [1.165, 1.54) is 21.7 Å². The van der Waals surface area contributed by atoms with E-state index >= 15 is 0 Å². The molecule has 4 rings (SSSR count). The topological polar surface area (TPSA) is 113 Å². The van der Waals surface area contributed by atoms with Crippen LogP contribution in [-0.4, -0.2) is 61.1 Å². The molecular formula is C22H28ClN5O4S3. The van der Waals surface area contributed by atoms with E-state index in [2.05, 4.69) is 21.2 Å². The molecule has 2 aromatic rings. The summed E-state index contributed by atoms with van der Waals surface area (Å²) in [6, 6.07) is 4.81. The number of carbonyl (C=O) groups excluding carboxylic acids is 1. The smallest absolute Gasteiger partial charge is 0.289 e. The minimum Gasteiger partial charge on any atom is -0.376 e. The molecule has 0 aliphatic carbocycles. The number of piperidine rings is 1. The average Bonchev–Trinajstić information content (AvgIpc) is 3.55. The summed E-state index contributed by atoms with van der Waals surface area (Å²) in [5, 5.41) is 6.30. The van der Waals surface area contributed by atoms with E-state index in [1.807, 2.05) is 6.92 Å². The molecular weight excluding hydrogens is 530 g/mol. The fourth-order valence-electron chi connectivity index (χ4n) is 4.04. The van der Waals surface area contributed by atoms with E-state index in [4.69, 9.17) is 28.6 Å². The minimum absolute atomic E-state index is 0.0942. The third-order valence-electron chi connectivity index (χ3n) is 6.14. The normalized spacial score (nSPS) is 19.4. The van der Waals surface area contributed by atoms with E-state index in [0.717, 1.165) is 30.0 Å². The zero-order valence-corrected chi connectivity index (χ0v) is 22.5. The van der Waals surface area contributed by atoms with Crippen molar-refractivity contribution in [2.24, 2.45) is 0 Å². The molecule has 1 atom stereocenters. The number of hydrogen-bond acceptors (Lipinski definition) is 7. The molecule has 1 amide bonds. The van der Waals surface area contributed by atoms with Gasteiger partial charge in [0.05, 0.1) is 16.0 Å². The predicted octanol–water partition coefficient (Wildman–Crippen LogP) is 2.96. The van der Waals surface area contributed by atoms with Gasteiger partial charge in [0, 0.05) is 42.6 Å². The van der Waals surface area contributed by atoms with Crippen molar-refractivity contribution in [3.8, 4) is 0 Å². The van der Waals surface area contributed by atoms with Crippen LogP contribution in [0, 0.1) is 6.92 Å². The fraction of sp³-hybridized carbons (Fsp3) is 0.500. The second-order valence-electron chi connectivity index (χ2n) is 8.58. The van der Waals surface area contributed by atoms with E-state index in [1.54, 1.807) is 17.5 Å². The molecule has 3 N–H and O–H groups in total. The SMILES string of the molecule is Cc1ccc(S(=O)(=O)N2CCC(c3nc(C(=O)NNC(=S)NCC4CCCO4)cs3)CC2)cc1Cl. The highest BCUT2D eigenvalue weighted by molar-refractivity contribution is 7.89. The van der Waals surface area contributed by atoms with Crippen molar-refractivity contribution in [1.29, 1.82) is 0 Å². The number of thiocarbonyl (C=S) groups is 1. The standard InChI is InChI=1S/C22H28ClN5O4S3/c1-14-4-5-17(11-18(14)23)35(30,31)28-8-6-15(7-9-28)21-25-19(13-34-21)20(29)26-27-22(33)24-12-16-3-2-10-32-16/h4-5,11,13,15-16H,2-3,6-10,12H2,1H3,(H,26,29)(H2,24,27,33). The van der Waals surface area contributed by atoms with Crippen molar-refractivity contribution in [2.45, 2.75) is 49.5 Å². The number of halogens is 1. The van der Waals surface area contributed by atoms with E-state index in [0.29, 0.717) is 48.3 Å². The summed E-state index contributed by atoms with van der Waals surface area (Å²) < 4.78 is 33.0. The summed E-state index contributed by atoms with van der Waals surface area (Å²) in [4.78, 5) is 17.1. The van der Waals surface area contributed by atoms with E-state index in [-0.39, 0.29) is 22.8 Å². The Morgan fingerprint density at radius 2 is 2.06 bits per heavy atom. The summed E-state index contributed by atoms with van der Waals surface area (Å²) in [6.45, 7) is 3.96. The van der Waals surface area contributed by atoms with Gasteiger partial charge in [-0.25, -0.2) is 13.4 Å². The third kappa shape index (κ3) is 6.49. The molecule has 1 aromatic carbocycles. The van der Waals surface area contributed by atoms with Crippen molar-refractivity contribution in [2.75, 3.05) is 26.2 Å². The van der Waals surface area contributed by atoms with Crippen LogP contribution in [0.25, 0.3) is 0 Å². The molecule has 0 radical (unpaired) electrons. The predicted molar refractivity (Wildman–Crippen MR) is 139 cm³/mol. The van der Waals surface area contributed by atoms with Gasteiger partial charge in [0.25, 0.3) is 5.91 Å². The average molecular weight is 558 g/mol. The Morgan fingerprint density at radius 3 is 2.74 bits per heavy atom. The number of ether oxygens (including phenoxy) is 1. The Bertz CT molecular complexity index is 1180. The highest BCUT2D eigenvalue weighted by atomic mass is 35.5. The van der Waals surface area contributed by atoms with Crippen LogP contribution in [-0.2, 0) is 14.8 Å². The maximum atomic E-state index is 13.0. The lowest BCUT2D eigenvalue weighted by molar-refractivity contribution is 0.0938.